The van der Waals surface area contributed by atoms with Crippen molar-refractivity contribution in [3.8, 4) is 0 Å². The topological polar surface area (TPSA) is 63.2 Å². The Kier molecular flexibility index (Phi) is 5.38. The number of thioether (sulfide) groups is 1. The van der Waals surface area contributed by atoms with E-state index < -0.39 is 9.84 Å². The summed E-state index contributed by atoms with van der Waals surface area (Å²) in [5.41, 5.74) is 1.17. The second-order valence-electron chi connectivity index (χ2n) is 5.49. The first-order chi connectivity index (χ1) is 9.77. The average molecular weight is 348 g/mol. The van der Waals surface area contributed by atoms with Gasteiger partial charge in [0.15, 0.2) is 9.84 Å². The van der Waals surface area contributed by atoms with E-state index in [4.69, 9.17) is 0 Å². The van der Waals surface area contributed by atoms with Crippen molar-refractivity contribution in [1.29, 1.82) is 0 Å². The fourth-order valence-electron chi connectivity index (χ4n) is 2.53. The molecule has 0 aromatic carbocycles. The van der Waals surface area contributed by atoms with Gasteiger partial charge in [0.2, 0.25) is 5.91 Å². The Labute approximate surface area is 134 Å². The Morgan fingerprint density at radius 1 is 1.52 bits per heavy atom. The van der Waals surface area contributed by atoms with E-state index in [9.17, 15) is 13.2 Å². The molecule has 21 heavy (non-hydrogen) atoms. The molecule has 1 saturated heterocycles. The lowest BCUT2D eigenvalue weighted by molar-refractivity contribution is -0.119. The summed E-state index contributed by atoms with van der Waals surface area (Å²) in [5.74, 6) is 0.770. The van der Waals surface area contributed by atoms with Crippen LogP contribution in [0.4, 0.5) is 0 Å². The van der Waals surface area contributed by atoms with Gasteiger partial charge in [0, 0.05) is 15.0 Å². The molecule has 0 spiro atoms. The zero-order chi connectivity index (χ0) is 15.6. The number of aryl methyl sites for hydroxylation is 2. The second kappa shape index (κ2) is 6.71. The molecule has 2 rings (SSSR count). The zero-order valence-corrected chi connectivity index (χ0v) is 15.0. The molecule has 0 saturated carbocycles. The van der Waals surface area contributed by atoms with Crippen LogP contribution in [0.25, 0.3) is 0 Å². The first-order valence-electron chi connectivity index (χ1n) is 6.95. The maximum Gasteiger partial charge on any atom is 0.230 e. The number of thiophene rings is 1. The van der Waals surface area contributed by atoms with E-state index in [0.29, 0.717) is 12.2 Å². The van der Waals surface area contributed by atoms with Crippen LogP contribution >= 0.6 is 23.1 Å². The van der Waals surface area contributed by atoms with Crippen molar-refractivity contribution in [3.05, 3.63) is 21.4 Å². The van der Waals surface area contributed by atoms with Gasteiger partial charge in [-0.3, -0.25) is 4.79 Å². The molecule has 0 aliphatic carbocycles. The first-order valence-corrected chi connectivity index (χ1v) is 10.6. The van der Waals surface area contributed by atoms with Crippen LogP contribution in [0.2, 0.25) is 0 Å². The minimum atomic E-state index is -2.86. The molecule has 2 atom stereocenters. The molecule has 118 valence electrons. The highest BCUT2D eigenvalue weighted by Gasteiger charge is 2.28. The van der Waals surface area contributed by atoms with E-state index in [0.717, 1.165) is 0 Å². The molecule has 1 N–H and O–H groups in total. The lowest BCUT2D eigenvalue weighted by atomic mass is 10.1. The van der Waals surface area contributed by atoms with Crippen molar-refractivity contribution in [2.45, 2.75) is 38.5 Å². The van der Waals surface area contributed by atoms with E-state index in [-0.39, 0.29) is 28.7 Å². The summed E-state index contributed by atoms with van der Waals surface area (Å²) in [7, 11) is -2.86. The highest BCUT2D eigenvalue weighted by Crippen LogP contribution is 2.27. The Morgan fingerprint density at radius 3 is 2.76 bits per heavy atom. The van der Waals surface area contributed by atoms with Crippen LogP contribution in [-0.2, 0) is 14.6 Å². The molecule has 1 aliphatic heterocycles. The molecule has 1 aromatic heterocycles. The number of nitrogens with one attached hydrogen (secondary N) is 1. The second-order valence-corrected chi connectivity index (χ2v) is 10.5. The van der Waals surface area contributed by atoms with E-state index in [2.05, 4.69) is 25.2 Å². The van der Waals surface area contributed by atoms with E-state index in [1.807, 2.05) is 6.92 Å². The van der Waals surface area contributed by atoms with Gasteiger partial charge in [0.25, 0.3) is 0 Å². The fourth-order valence-corrected chi connectivity index (χ4v) is 7.00. The van der Waals surface area contributed by atoms with Crippen LogP contribution in [0, 0.1) is 13.8 Å². The molecule has 4 nitrogen and oxygen atoms in total. The first kappa shape index (κ1) is 16.8. The highest BCUT2D eigenvalue weighted by atomic mass is 32.2. The number of hydrogen-bond acceptors (Lipinski definition) is 5. The van der Waals surface area contributed by atoms with Gasteiger partial charge < -0.3 is 5.32 Å². The largest absolute Gasteiger partial charge is 0.349 e. The summed E-state index contributed by atoms with van der Waals surface area (Å²) in [4.78, 5) is 14.5. The van der Waals surface area contributed by atoms with Crippen molar-refractivity contribution in [3.63, 3.8) is 0 Å². The zero-order valence-electron chi connectivity index (χ0n) is 12.5. The molecule has 0 bridgehead atoms. The summed E-state index contributed by atoms with van der Waals surface area (Å²) in [6, 6.07) is 2.11. The van der Waals surface area contributed by atoms with Crippen LogP contribution in [-0.4, -0.2) is 36.8 Å². The predicted molar refractivity (Wildman–Crippen MR) is 89.9 cm³/mol. The van der Waals surface area contributed by atoms with E-state index in [1.165, 1.54) is 27.1 Å². The fraction of sp³-hybridized carbons (Fsp3) is 0.643. The van der Waals surface area contributed by atoms with Crippen LogP contribution in [0.1, 0.15) is 34.7 Å². The molecule has 7 heteroatoms. The maximum atomic E-state index is 12.0. The number of amides is 1. The lowest BCUT2D eigenvalue weighted by Crippen LogP contribution is -2.29. The Balaban J connectivity index is 1.81. The normalized spacial score (nSPS) is 22.1. The highest BCUT2D eigenvalue weighted by molar-refractivity contribution is 8.02. The Hall–Kier alpha value is -0.530. The number of hydrogen-bond donors (Lipinski definition) is 1. The molecule has 0 radical (unpaired) electrons. The van der Waals surface area contributed by atoms with Gasteiger partial charge in [-0.05, 0) is 38.8 Å². The van der Waals surface area contributed by atoms with Gasteiger partial charge >= 0.3 is 0 Å². The van der Waals surface area contributed by atoms with Crippen molar-refractivity contribution in [2.24, 2.45) is 0 Å². The average Bonchev–Trinajstić information content (AvgIpc) is 2.89. The van der Waals surface area contributed by atoms with Crippen LogP contribution in [0.15, 0.2) is 6.07 Å². The molecular weight excluding hydrogens is 326 g/mol. The third-order valence-corrected chi connectivity index (χ3v) is 7.83. The summed E-state index contributed by atoms with van der Waals surface area (Å²) < 4.78 is 22.8. The van der Waals surface area contributed by atoms with Gasteiger partial charge in [0.1, 0.15) is 0 Å². The van der Waals surface area contributed by atoms with Crippen LogP contribution < -0.4 is 5.32 Å². The van der Waals surface area contributed by atoms with Crippen molar-refractivity contribution in [2.75, 3.05) is 17.3 Å². The quantitative estimate of drug-likeness (QED) is 0.889. The monoisotopic (exact) mass is 347 g/mol. The third kappa shape index (κ3) is 4.72. The number of carbonyl (C=O) groups is 1. The molecule has 1 amide bonds. The van der Waals surface area contributed by atoms with E-state index in [1.54, 1.807) is 11.3 Å². The van der Waals surface area contributed by atoms with Crippen molar-refractivity contribution in [1.82, 2.24) is 5.32 Å². The molecule has 2 unspecified atom stereocenters. The smallest absolute Gasteiger partial charge is 0.230 e. The lowest BCUT2D eigenvalue weighted by Gasteiger charge is -2.14. The summed E-state index contributed by atoms with van der Waals surface area (Å²) in [5, 5.41) is 3.06. The third-order valence-electron chi connectivity index (χ3n) is 3.56. The molecule has 1 aliphatic rings. The van der Waals surface area contributed by atoms with Gasteiger partial charge in [-0.15, -0.1) is 23.1 Å². The van der Waals surface area contributed by atoms with Gasteiger partial charge in [0.05, 0.1) is 23.3 Å². The van der Waals surface area contributed by atoms with Gasteiger partial charge in [-0.2, -0.15) is 0 Å². The minimum absolute atomic E-state index is 0.00430. The maximum absolute atomic E-state index is 12.0. The SMILES string of the molecule is Cc1cc(C(C)NC(=O)CSC2CCS(=O)(=O)C2)c(C)s1. The summed E-state index contributed by atoms with van der Waals surface area (Å²) in [6.45, 7) is 6.11. The van der Waals surface area contributed by atoms with Crippen molar-refractivity contribution >= 4 is 38.8 Å². The summed E-state index contributed by atoms with van der Waals surface area (Å²) in [6.07, 6.45) is 0.665. The van der Waals surface area contributed by atoms with Crippen molar-refractivity contribution < 1.29 is 13.2 Å². The van der Waals surface area contributed by atoms with Crippen LogP contribution in [0.5, 0.6) is 0 Å². The molecule has 1 aromatic rings. The molecular formula is C14H21NO3S3. The number of rotatable bonds is 5. The van der Waals surface area contributed by atoms with Gasteiger partial charge in [-0.1, -0.05) is 0 Å². The molecule has 2 heterocycles. The van der Waals surface area contributed by atoms with E-state index >= 15 is 0 Å². The van der Waals surface area contributed by atoms with Crippen LogP contribution in [0.3, 0.4) is 0 Å². The minimum Gasteiger partial charge on any atom is -0.349 e. The van der Waals surface area contributed by atoms with Gasteiger partial charge in [-0.25, -0.2) is 8.42 Å². The number of sulfone groups is 1. The summed E-state index contributed by atoms with van der Waals surface area (Å²) >= 11 is 3.19. The Morgan fingerprint density at radius 2 is 2.24 bits per heavy atom. The predicted octanol–water partition coefficient (Wildman–Crippen LogP) is 2.46. The number of carbonyl (C=O) groups excluding carboxylic acids is 1. The Bertz CT molecular complexity index is 621. The standard InChI is InChI=1S/C14H21NO3S3/c1-9-6-13(11(3)20-9)10(2)15-14(16)7-19-12-4-5-21(17,18)8-12/h6,10,12H,4-5,7-8H2,1-3H3,(H,15,16). The molecule has 1 fully saturated rings.